The second-order valence-corrected chi connectivity index (χ2v) is 8.42. The number of fused-ring (bicyclic) bond motifs is 6. The first kappa shape index (κ1) is 18.9. The van der Waals surface area contributed by atoms with Gasteiger partial charge in [-0.25, -0.2) is 4.98 Å². The van der Waals surface area contributed by atoms with Gasteiger partial charge in [-0.05, 0) is 47.5 Å². The van der Waals surface area contributed by atoms with Crippen LogP contribution in [-0.2, 0) is 0 Å². The van der Waals surface area contributed by atoms with E-state index in [-0.39, 0.29) is 0 Å². The maximum atomic E-state index is 6.70. The van der Waals surface area contributed by atoms with Crippen LogP contribution >= 0.6 is 0 Å². The van der Waals surface area contributed by atoms with Crippen molar-refractivity contribution in [1.82, 2.24) is 9.55 Å². The van der Waals surface area contributed by atoms with E-state index in [2.05, 4.69) is 102 Å². The van der Waals surface area contributed by atoms with Crippen LogP contribution in [0.3, 0.4) is 0 Å². The van der Waals surface area contributed by atoms with Gasteiger partial charge >= 0.3 is 0 Å². The van der Waals surface area contributed by atoms with E-state index in [1.807, 2.05) is 24.3 Å². The van der Waals surface area contributed by atoms with Gasteiger partial charge in [-0.15, -0.1) is 0 Å². The number of rotatable bonds is 2. The van der Waals surface area contributed by atoms with Crippen molar-refractivity contribution in [2.75, 3.05) is 0 Å². The third-order valence-electron chi connectivity index (χ3n) is 6.44. The van der Waals surface area contributed by atoms with Gasteiger partial charge in [0.1, 0.15) is 17.3 Å². The van der Waals surface area contributed by atoms with Gasteiger partial charge in [-0.1, -0.05) is 84.9 Å². The summed E-state index contributed by atoms with van der Waals surface area (Å²) in [5.41, 5.74) is 8.54. The topological polar surface area (TPSA) is 27.1 Å². The third-order valence-corrected chi connectivity index (χ3v) is 6.44. The van der Waals surface area contributed by atoms with Crippen molar-refractivity contribution in [3.05, 3.63) is 121 Å². The molecule has 160 valence electrons. The van der Waals surface area contributed by atoms with Crippen molar-refractivity contribution in [2.45, 2.75) is 0 Å². The molecule has 2 heterocycles. The molecule has 6 aromatic rings. The van der Waals surface area contributed by atoms with Gasteiger partial charge in [-0.2, -0.15) is 0 Å². The van der Waals surface area contributed by atoms with E-state index in [1.54, 1.807) is 0 Å². The molecule has 1 aromatic heterocycles. The van der Waals surface area contributed by atoms with Gasteiger partial charge in [0, 0.05) is 16.8 Å². The summed E-state index contributed by atoms with van der Waals surface area (Å²) < 4.78 is 8.92. The lowest BCUT2D eigenvalue weighted by molar-refractivity contribution is 0.489. The molecule has 0 amide bonds. The average Bonchev–Trinajstić information content (AvgIpc) is 3.22. The van der Waals surface area contributed by atoms with Gasteiger partial charge in [0.2, 0.25) is 0 Å². The Kier molecular flexibility index (Phi) is 4.15. The van der Waals surface area contributed by atoms with Gasteiger partial charge in [-0.3, -0.25) is 4.57 Å². The molecule has 0 saturated carbocycles. The van der Waals surface area contributed by atoms with Gasteiger partial charge in [0.25, 0.3) is 0 Å². The molecule has 34 heavy (non-hydrogen) atoms. The molecule has 1 aliphatic heterocycles. The number of para-hydroxylation sites is 5. The summed E-state index contributed by atoms with van der Waals surface area (Å²) in [6, 6.07) is 41.7. The van der Waals surface area contributed by atoms with Crippen LogP contribution in [-0.4, -0.2) is 9.55 Å². The SMILES string of the molecule is c1ccc(-n2c(-c3cccc4c3Oc3ccccc3-c3ccccc3-4)nc3ccccc32)cc1. The second kappa shape index (κ2) is 7.46. The summed E-state index contributed by atoms with van der Waals surface area (Å²) >= 11 is 0. The first-order valence-corrected chi connectivity index (χ1v) is 11.4. The van der Waals surface area contributed by atoms with Crippen LogP contribution in [0.2, 0.25) is 0 Å². The maximum absolute atomic E-state index is 6.70. The molecular weight excluding hydrogens is 416 g/mol. The Labute approximate surface area is 197 Å². The lowest BCUT2D eigenvalue weighted by Crippen LogP contribution is -1.99. The van der Waals surface area contributed by atoms with Gasteiger partial charge in [0.15, 0.2) is 0 Å². The molecule has 5 aromatic carbocycles. The number of ether oxygens (including phenoxy) is 1. The van der Waals surface area contributed by atoms with Gasteiger partial charge in [0.05, 0.1) is 16.6 Å². The fraction of sp³-hybridized carbons (Fsp3) is 0. The molecule has 0 fully saturated rings. The number of hydrogen-bond acceptors (Lipinski definition) is 2. The van der Waals surface area contributed by atoms with E-state index in [4.69, 9.17) is 9.72 Å². The summed E-state index contributed by atoms with van der Waals surface area (Å²) in [4.78, 5) is 5.09. The summed E-state index contributed by atoms with van der Waals surface area (Å²) in [6.07, 6.45) is 0. The van der Waals surface area contributed by atoms with Crippen molar-refractivity contribution in [3.63, 3.8) is 0 Å². The maximum Gasteiger partial charge on any atom is 0.149 e. The lowest BCUT2D eigenvalue weighted by atomic mass is 9.93. The third kappa shape index (κ3) is 2.81. The normalized spacial score (nSPS) is 11.8. The van der Waals surface area contributed by atoms with Crippen LogP contribution in [0.1, 0.15) is 0 Å². The number of aromatic nitrogens is 2. The Morgan fingerprint density at radius 3 is 1.97 bits per heavy atom. The Morgan fingerprint density at radius 2 is 1.12 bits per heavy atom. The minimum Gasteiger partial charge on any atom is -0.455 e. The van der Waals surface area contributed by atoms with Crippen molar-refractivity contribution >= 4 is 11.0 Å². The summed E-state index contributed by atoms with van der Waals surface area (Å²) in [5, 5.41) is 0. The van der Waals surface area contributed by atoms with Crippen LogP contribution in [0.15, 0.2) is 121 Å². The fourth-order valence-corrected chi connectivity index (χ4v) is 4.92. The molecule has 0 aliphatic carbocycles. The highest BCUT2D eigenvalue weighted by Crippen LogP contribution is 2.50. The number of nitrogens with zero attached hydrogens (tertiary/aromatic N) is 2. The molecular formula is C31H20N2O. The van der Waals surface area contributed by atoms with Crippen LogP contribution in [0, 0.1) is 0 Å². The van der Waals surface area contributed by atoms with Crippen molar-refractivity contribution in [1.29, 1.82) is 0 Å². The summed E-state index contributed by atoms with van der Waals surface area (Å²) in [7, 11) is 0. The van der Waals surface area contributed by atoms with Crippen molar-refractivity contribution in [3.8, 4) is 50.8 Å². The fourth-order valence-electron chi connectivity index (χ4n) is 4.92. The van der Waals surface area contributed by atoms with Gasteiger partial charge < -0.3 is 4.74 Å². The van der Waals surface area contributed by atoms with Crippen molar-refractivity contribution in [2.24, 2.45) is 0 Å². The lowest BCUT2D eigenvalue weighted by Gasteiger charge is -2.16. The van der Waals surface area contributed by atoms with E-state index in [9.17, 15) is 0 Å². The largest absolute Gasteiger partial charge is 0.455 e. The highest BCUT2D eigenvalue weighted by Gasteiger charge is 2.25. The number of benzene rings is 5. The standard InChI is InChI=1S/C31H20N2O/c1-2-11-21(12-3-1)33-28-19-8-7-18-27(28)32-31(33)26-17-10-16-25-23-14-5-4-13-22(23)24-15-6-9-20-29(24)34-30(25)26/h1-20H. The molecule has 0 N–H and O–H groups in total. The van der Waals surface area contributed by atoms with E-state index >= 15 is 0 Å². The first-order valence-electron chi connectivity index (χ1n) is 11.4. The molecule has 0 spiro atoms. The Balaban J connectivity index is 1.57. The Bertz CT molecular complexity index is 1680. The average molecular weight is 437 g/mol. The van der Waals surface area contributed by atoms with Crippen molar-refractivity contribution < 1.29 is 4.74 Å². The molecule has 3 nitrogen and oxygen atoms in total. The molecule has 0 radical (unpaired) electrons. The highest BCUT2D eigenvalue weighted by atomic mass is 16.5. The second-order valence-electron chi connectivity index (χ2n) is 8.42. The smallest absolute Gasteiger partial charge is 0.149 e. The summed E-state index contributed by atoms with van der Waals surface area (Å²) in [6.45, 7) is 0. The summed E-state index contributed by atoms with van der Waals surface area (Å²) in [5.74, 6) is 2.54. The molecule has 1 aliphatic rings. The minimum absolute atomic E-state index is 0.826. The number of hydrogen-bond donors (Lipinski definition) is 0. The molecule has 0 atom stereocenters. The zero-order valence-electron chi connectivity index (χ0n) is 18.3. The van der Waals surface area contributed by atoms with E-state index in [0.29, 0.717) is 0 Å². The van der Waals surface area contributed by atoms with Crippen LogP contribution in [0.5, 0.6) is 11.5 Å². The molecule has 0 unspecified atom stereocenters. The van der Waals surface area contributed by atoms with E-state index in [0.717, 1.165) is 56.3 Å². The van der Waals surface area contributed by atoms with Crippen LogP contribution < -0.4 is 4.74 Å². The van der Waals surface area contributed by atoms with Crippen LogP contribution in [0.25, 0.3) is 50.4 Å². The number of imidazole rings is 1. The highest BCUT2D eigenvalue weighted by molar-refractivity contribution is 5.94. The Hall–Kier alpha value is -4.63. The monoisotopic (exact) mass is 436 g/mol. The molecule has 0 bridgehead atoms. The molecule has 3 heteroatoms. The first-order chi connectivity index (χ1) is 16.9. The minimum atomic E-state index is 0.826. The zero-order valence-corrected chi connectivity index (χ0v) is 18.3. The molecule has 0 saturated heterocycles. The van der Waals surface area contributed by atoms with Crippen LogP contribution in [0.4, 0.5) is 0 Å². The predicted octanol–water partition coefficient (Wildman–Crippen LogP) is 8.13. The van der Waals surface area contributed by atoms with E-state index in [1.165, 1.54) is 5.56 Å². The zero-order chi connectivity index (χ0) is 22.5. The quantitative estimate of drug-likeness (QED) is 0.273. The Morgan fingerprint density at radius 1 is 0.500 bits per heavy atom. The van der Waals surface area contributed by atoms with E-state index < -0.39 is 0 Å². The molecule has 7 rings (SSSR count). The predicted molar refractivity (Wildman–Crippen MR) is 137 cm³/mol.